The number of aliphatic hydroxyl groups excluding tert-OH is 1. The van der Waals surface area contributed by atoms with Gasteiger partial charge in [-0.15, -0.1) is 0 Å². The van der Waals surface area contributed by atoms with E-state index < -0.39 is 0 Å². The molecule has 0 aliphatic heterocycles. The van der Waals surface area contributed by atoms with Crippen molar-refractivity contribution in [2.45, 2.75) is 13.5 Å². The normalized spacial score (nSPS) is 11.3. The fourth-order valence-electron chi connectivity index (χ4n) is 2.64. The van der Waals surface area contributed by atoms with E-state index in [0.29, 0.717) is 28.4 Å². The summed E-state index contributed by atoms with van der Waals surface area (Å²) in [4.78, 5) is 8.99. The second-order valence-corrected chi connectivity index (χ2v) is 5.67. The van der Waals surface area contributed by atoms with Gasteiger partial charge in [0.25, 0.3) is 0 Å². The van der Waals surface area contributed by atoms with Crippen LogP contribution in [0.1, 0.15) is 5.56 Å². The number of aryl methyl sites for hydroxylation is 1. The van der Waals surface area contributed by atoms with Gasteiger partial charge in [0.1, 0.15) is 5.82 Å². The summed E-state index contributed by atoms with van der Waals surface area (Å²) in [5, 5.41) is 18.1. The van der Waals surface area contributed by atoms with Crippen LogP contribution in [0.4, 0.5) is 4.39 Å². The second kappa shape index (κ2) is 6.06. The third-order valence-corrected chi connectivity index (χ3v) is 3.81. The van der Waals surface area contributed by atoms with Crippen molar-refractivity contribution < 1.29 is 9.50 Å². The minimum absolute atomic E-state index is 0.0784. The van der Waals surface area contributed by atoms with Crippen molar-refractivity contribution >= 4 is 5.65 Å². The number of aromatic nitrogens is 6. The first-order chi connectivity index (χ1) is 12.2. The lowest BCUT2D eigenvalue weighted by Gasteiger charge is -2.02. The van der Waals surface area contributed by atoms with Gasteiger partial charge in [-0.1, -0.05) is 0 Å². The largest absolute Gasteiger partial charge is 0.394 e. The van der Waals surface area contributed by atoms with Crippen molar-refractivity contribution in [3.8, 4) is 22.8 Å². The molecule has 3 heterocycles. The van der Waals surface area contributed by atoms with Crippen LogP contribution >= 0.6 is 0 Å². The van der Waals surface area contributed by atoms with Crippen molar-refractivity contribution in [3.05, 3.63) is 54.2 Å². The van der Waals surface area contributed by atoms with Crippen LogP contribution in [0.5, 0.6) is 0 Å². The summed E-state index contributed by atoms with van der Waals surface area (Å²) in [5.74, 6) is 0.690. The Morgan fingerprint density at radius 2 is 1.96 bits per heavy atom. The van der Waals surface area contributed by atoms with E-state index in [9.17, 15) is 9.50 Å². The molecule has 0 unspecified atom stereocenters. The number of fused-ring (bicyclic) bond motifs is 1. The SMILES string of the molecule is Cc1cnc2c(-c3nc(-c4ccc(F)cc4)nn3CCO)cnn2c1. The maximum Gasteiger partial charge on any atom is 0.181 e. The van der Waals surface area contributed by atoms with Crippen molar-refractivity contribution in [1.29, 1.82) is 0 Å². The zero-order valence-electron chi connectivity index (χ0n) is 13.5. The highest BCUT2D eigenvalue weighted by Gasteiger charge is 2.18. The lowest BCUT2D eigenvalue weighted by molar-refractivity contribution is 0.270. The van der Waals surface area contributed by atoms with Crippen LogP contribution in [0.2, 0.25) is 0 Å². The van der Waals surface area contributed by atoms with Gasteiger partial charge in [0, 0.05) is 18.0 Å². The summed E-state index contributed by atoms with van der Waals surface area (Å²) < 4.78 is 16.4. The van der Waals surface area contributed by atoms with E-state index in [0.717, 1.165) is 5.56 Å². The smallest absolute Gasteiger partial charge is 0.181 e. The molecule has 0 fully saturated rings. The molecule has 7 nitrogen and oxygen atoms in total. The first kappa shape index (κ1) is 15.4. The number of rotatable bonds is 4. The van der Waals surface area contributed by atoms with E-state index >= 15 is 0 Å². The molecular weight excluding hydrogens is 323 g/mol. The summed E-state index contributed by atoms with van der Waals surface area (Å²) in [6.07, 6.45) is 5.31. The summed E-state index contributed by atoms with van der Waals surface area (Å²) in [6.45, 7) is 2.15. The predicted molar refractivity (Wildman–Crippen MR) is 89.2 cm³/mol. The van der Waals surface area contributed by atoms with Crippen LogP contribution in [0, 0.1) is 12.7 Å². The molecule has 126 valence electrons. The molecule has 4 aromatic rings. The number of nitrogens with zero attached hydrogens (tertiary/aromatic N) is 6. The van der Waals surface area contributed by atoms with Gasteiger partial charge in [-0.05, 0) is 36.8 Å². The van der Waals surface area contributed by atoms with Gasteiger partial charge < -0.3 is 5.11 Å². The van der Waals surface area contributed by atoms with Gasteiger partial charge in [-0.25, -0.2) is 23.6 Å². The Balaban J connectivity index is 1.86. The molecular formula is C17H15FN6O. The summed E-state index contributed by atoms with van der Waals surface area (Å²) in [5.41, 5.74) is 3.06. The fraction of sp³-hybridized carbons (Fsp3) is 0.176. The molecule has 0 amide bonds. The molecule has 0 aliphatic carbocycles. The monoisotopic (exact) mass is 338 g/mol. The minimum atomic E-state index is -0.319. The maximum absolute atomic E-state index is 13.1. The maximum atomic E-state index is 13.1. The molecule has 0 bridgehead atoms. The van der Waals surface area contributed by atoms with Crippen LogP contribution in [0.3, 0.4) is 0 Å². The van der Waals surface area contributed by atoms with Crippen LogP contribution in [0.25, 0.3) is 28.4 Å². The zero-order valence-corrected chi connectivity index (χ0v) is 13.5. The van der Waals surface area contributed by atoms with E-state index in [1.807, 2.05) is 13.1 Å². The van der Waals surface area contributed by atoms with Crippen molar-refractivity contribution in [3.63, 3.8) is 0 Å². The van der Waals surface area contributed by atoms with Crippen LogP contribution in [-0.2, 0) is 6.54 Å². The molecule has 1 aromatic carbocycles. The van der Waals surface area contributed by atoms with Gasteiger partial charge in [0.15, 0.2) is 17.3 Å². The quantitative estimate of drug-likeness (QED) is 0.616. The highest BCUT2D eigenvalue weighted by atomic mass is 19.1. The van der Waals surface area contributed by atoms with Gasteiger partial charge in [-0.3, -0.25) is 0 Å². The Kier molecular flexibility index (Phi) is 3.73. The molecule has 0 spiro atoms. The van der Waals surface area contributed by atoms with Crippen LogP contribution in [0.15, 0.2) is 42.9 Å². The number of hydrogen-bond donors (Lipinski definition) is 1. The predicted octanol–water partition coefficient (Wildman–Crippen LogP) is 2.09. The molecule has 25 heavy (non-hydrogen) atoms. The van der Waals surface area contributed by atoms with E-state index in [4.69, 9.17) is 0 Å². The Morgan fingerprint density at radius 1 is 1.16 bits per heavy atom. The zero-order chi connectivity index (χ0) is 17.4. The van der Waals surface area contributed by atoms with Gasteiger partial charge in [-0.2, -0.15) is 10.2 Å². The summed E-state index contributed by atoms with van der Waals surface area (Å²) >= 11 is 0. The third-order valence-electron chi connectivity index (χ3n) is 3.81. The second-order valence-electron chi connectivity index (χ2n) is 5.67. The lowest BCUT2D eigenvalue weighted by Crippen LogP contribution is -2.06. The molecule has 0 atom stereocenters. The molecule has 0 radical (unpaired) electrons. The van der Waals surface area contributed by atoms with Gasteiger partial charge in [0.2, 0.25) is 0 Å². The Morgan fingerprint density at radius 3 is 2.72 bits per heavy atom. The van der Waals surface area contributed by atoms with E-state index in [2.05, 4.69) is 20.2 Å². The average Bonchev–Trinajstić information content (AvgIpc) is 3.19. The van der Waals surface area contributed by atoms with Crippen LogP contribution in [-0.4, -0.2) is 41.1 Å². The third kappa shape index (κ3) is 2.76. The molecule has 0 saturated heterocycles. The van der Waals surface area contributed by atoms with E-state index in [-0.39, 0.29) is 19.0 Å². The average molecular weight is 338 g/mol. The standard InChI is InChI=1S/C17H15FN6O/c1-11-8-19-16-14(9-20-24(16)10-11)17-21-15(22-23(17)6-7-25)12-2-4-13(18)5-3-12/h2-5,8-10,25H,6-7H2,1H3. The molecule has 1 N–H and O–H groups in total. The fourth-order valence-corrected chi connectivity index (χ4v) is 2.64. The molecule has 8 heteroatoms. The Bertz CT molecular complexity index is 1040. The first-order valence-electron chi connectivity index (χ1n) is 7.78. The molecule has 0 saturated carbocycles. The van der Waals surface area contributed by atoms with Crippen molar-refractivity contribution in [2.75, 3.05) is 6.61 Å². The highest BCUT2D eigenvalue weighted by molar-refractivity contribution is 5.73. The number of aliphatic hydroxyl groups is 1. The molecule has 3 aromatic heterocycles. The highest BCUT2D eigenvalue weighted by Crippen LogP contribution is 2.25. The van der Waals surface area contributed by atoms with Gasteiger partial charge >= 0.3 is 0 Å². The number of benzene rings is 1. The van der Waals surface area contributed by atoms with Crippen molar-refractivity contribution in [2.24, 2.45) is 0 Å². The van der Waals surface area contributed by atoms with E-state index in [1.54, 1.807) is 33.7 Å². The number of hydrogen-bond acceptors (Lipinski definition) is 5. The van der Waals surface area contributed by atoms with E-state index in [1.165, 1.54) is 12.1 Å². The number of halogens is 1. The lowest BCUT2D eigenvalue weighted by atomic mass is 10.2. The minimum Gasteiger partial charge on any atom is -0.394 e. The molecule has 0 aliphatic rings. The summed E-state index contributed by atoms with van der Waals surface area (Å²) in [7, 11) is 0. The molecule has 4 rings (SSSR count). The van der Waals surface area contributed by atoms with Gasteiger partial charge in [0.05, 0.1) is 24.9 Å². The van der Waals surface area contributed by atoms with Crippen LogP contribution < -0.4 is 0 Å². The van der Waals surface area contributed by atoms with Crippen molar-refractivity contribution in [1.82, 2.24) is 29.4 Å². The topological polar surface area (TPSA) is 81.1 Å². The summed E-state index contributed by atoms with van der Waals surface area (Å²) in [6, 6.07) is 5.97. The Hall–Kier alpha value is -3.13. The first-order valence-corrected chi connectivity index (χ1v) is 7.78. The Labute approximate surface area is 142 Å².